The summed E-state index contributed by atoms with van der Waals surface area (Å²) < 4.78 is 25.0. The lowest BCUT2D eigenvalue weighted by Gasteiger charge is -2.03. The van der Waals surface area contributed by atoms with E-state index in [1.807, 2.05) is 30.3 Å². The summed E-state index contributed by atoms with van der Waals surface area (Å²) in [5, 5.41) is -0.503. The van der Waals surface area contributed by atoms with Gasteiger partial charge in [-0.3, -0.25) is 0 Å². The van der Waals surface area contributed by atoms with Crippen LogP contribution in [0.15, 0.2) is 65.6 Å². The number of sulfone groups is 1. The fourth-order valence-electron chi connectivity index (χ4n) is 2.56. The van der Waals surface area contributed by atoms with Crippen LogP contribution in [0.3, 0.4) is 0 Å². The number of hydrogen-bond acceptors (Lipinski definition) is 3. The molecule has 0 bridgehead atoms. The van der Waals surface area contributed by atoms with Crippen molar-refractivity contribution in [1.29, 1.82) is 0 Å². The Kier molecular flexibility index (Phi) is 2.92. The van der Waals surface area contributed by atoms with Crippen LogP contribution in [0.5, 0.6) is 0 Å². The zero-order valence-electron chi connectivity index (χ0n) is 10.3. The molecule has 0 radical (unpaired) electrons. The molecule has 0 unspecified atom stereocenters. The third-order valence-corrected chi connectivity index (χ3v) is 5.87. The molecule has 3 rings (SSSR count). The second-order valence-corrected chi connectivity index (χ2v) is 6.94. The summed E-state index contributed by atoms with van der Waals surface area (Å²) in [6.07, 6.45) is 0. The van der Waals surface area contributed by atoms with E-state index in [-0.39, 0.29) is 12.0 Å². The van der Waals surface area contributed by atoms with Crippen LogP contribution in [0.1, 0.15) is 11.5 Å². The molecule has 19 heavy (non-hydrogen) atoms. The van der Waals surface area contributed by atoms with Crippen molar-refractivity contribution in [3.8, 4) is 0 Å². The van der Waals surface area contributed by atoms with Gasteiger partial charge in [-0.2, -0.15) is 0 Å². The summed E-state index contributed by atoms with van der Waals surface area (Å²) in [7, 11) is -3.34. The van der Waals surface area contributed by atoms with Crippen LogP contribution < -0.4 is 5.73 Å². The van der Waals surface area contributed by atoms with E-state index in [9.17, 15) is 8.42 Å². The lowest BCUT2D eigenvalue weighted by molar-refractivity contribution is 0.593. The molecule has 1 aliphatic carbocycles. The average molecular weight is 273 g/mol. The van der Waals surface area contributed by atoms with Crippen LogP contribution in [-0.2, 0) is 9.84 Å². The van der Waals surface area contributed by atoms with E-state index in [2.05, 4.69) is 0 Å². The van der Waals surface area contributed by atoms with Crippen LogP contribution >= 0.6 is 0 Å². The van der Waals surface area contributed by atoms with Gasteiger partial charge >= 0.3 is 0 Å². The van der Waals surface area contributed by atoms with Gasteiger partial charge in [-0.05, 0) is 17.7 Å². The summed E-state index contributed by atoms with van der Waals surface area (Å²) >= 11 is 0. The van der Waals surface area contributed by atoms with E-state index in [0.717, 1.165) is 5.56 Å². The van der Waals surface area contributed by atoms with E-state index in [1.165, 1.54) is 0 Å². The highest BCUT2D eigenvalue weighted by Gasteiger charge is 2.56. The van der Waals surface area contributed by atoms with Crippen molar-refractivity contribution in [2.75, 3.05) is 0 Å². The molecular formula is C15H15NO2S. The zero-order chi connectivity index (χ0) is 13.5. The maximum Gasteiger partial charge on any atom is 0.183 e. The Morgan fingerprint density at radius 3 is 1.95 bits per heavy atom. The van der Waals surface area contributed by atoms with E-state index in [0.29, 0.717) is 4.90 Å². The SMILES string of the molecule is N[C@@H]1[C@@H](c2ccccc2)[C@@H]1S(=O)(=O)c1ccccc1. The third kappa shape index (κ3) is 2.07. The highest BCUT2D eigenvalue weighted by atomic mass is 32.2. The lowest BCUT2D eigenvalue weighted by Crippen LogP contribution is -2.15. The summed E-state index contributed by atoms with van der Waals surface area (Å²) in [5.41, 5.74) is 6.99. The minimum atomic E-state index is -3.34. The Balaban J connectivity index is 1.93. The summed E-state index contributed by atoms with van der Waals surface area (Å²) in [4.78, 5) is 0.355. The largest absolute Gasteiger partial charge is 0.326 e. The van der Waals surface area contributed by atoms with Crippen LogP contribution in [-0.4, -0.2) is 19.7 Å². The molecule has 1 fully saturated rings. The summed E-state index contributed by atoms with van der Waals surface area (Å²) in [6, 6.07) is 17.8. The van der Waals surface area contributed by atoms with Gasteiger partial charge in [0.1, 0.15) is 0 Å². The molecule has 0 spiro atoms. The van der Waals surface area contributed by atoms with Gasteiger partial charge in [0.2, 0.25) is 0 Å². The lowest BCUT2D eigenvalue weighted by atomic mass is 10.1. The number of benzene rings is 2. The topological polar surface area (TPSA) is 60.2 Å². The highest BCUT2D eigenvalue weighted by molar-refractivity contribution is 7.92. The normalized spacial score (nSPS) is 26.1. The molecule has 0 aromatic heterocycles. The number of hydrogen-bond donors (Lipinski definition) is 1. The van der Waals surface area contributed by atoms with Crippen molar-refractivity contribution in [3.63, 3.8) is 0 Å². The first-order valence-corrected chi connectivity index (χ1v) is 7.76. The minimum Gasteiger partial charge on any atom is -0.326 e. The first-order chi connectivity index (χ1) is 9.12. The quantitative estimate of drug-likeness (QED) is 0.930. The maximum atomic E-state index is 12.5. The third-order valence-electron chi connectivity index (χ3n) is 3.62. The Labute approximate surface area is 113 Å². The van der Waals surface area contributed by atoms with Crippen LogP contribution in [0.2, 0.25) is 0 Å². The van der Waals surface area contributed by atoms with Gasteiger partial charge in [-0.25, -0.2) is 8.42 Å². The standard InChI is InChI=1S/C15H15NO2S/c16-14-13(11-7-3-1-4-8-11)15(14)19(17,18)12-9-5-2-6-10-12/h1-10,13-15H,16H2/t13-,14-,15+/m1/s1. The molecule has 0 amide bonds. The molecule has 4 heteroatoms. The van der Waals surface area contributed by atoms with Gasteiger partial charge in [0.25, 0.3) is 0 Å². The molecule has 0 heterocycles. The number of nitrogens with two attached hydrogens (primary N) is 1. The van der Waals surface area contributed by atoms with E-state index in [1.54, 1.807) is 30.3 Å². The predicted molar refractivity (Wildman–Crippen MR) is 74.6 cm³/mol. The molecule has 1 saturated carbocycles. The molecule has 2 aromatic rings. The smallest absolute Gasteiger partial charge is 0.183 e. The Morgan fingerprint density at radius 2 is 1.37 bits per heavy atom. The van der Waals surface area contributed by atoms with Gasteiger partial charge in [0, 0.05) is 12.0 Å². The molecule has 0 saturated heterocycles. The summed E-state index contributed by atoms with van der Waals surface area (Å²) in [6.45, 7) is 0. The first kappa shape index (κ1) is 12.4. The van der Waals surface area contributed by atoms with Gasteiger partial charge in [-0.1, -0.05) is 48.5 Å². The van der Waals surface area contributed by atoms with Crippen LogP contribution in [0.25, 0.3) is 0 Å². The van der Waals surface area contributed by atoms with Crippen molar-refractivity contribution in [2.45, 2.75) is 22.1 Å². The van der Waals surface area contributed by atoms with Crippen LogP contribution in [0, 0.1) is 0 Å². The van der Waals surface area contributed by atoms with Crippen molar-refractivity contribution < 1.29 is 8.42 Å². The van der Waals surface area contributed by atoms with E-state index in [4.69, 9.17) is 5.73 Å². The average Bonchev–Trinajstić information content (AvgIpc) is 3.13. The zero-order valence-corrected chi connectivity index (χ0v) is 11.1. The fourth-order valence-corrected chi connectivity index (χ4v) is 4.63. The molecule has 2 N–H and O–H groups in total. The molecule has 2 aromatic carbocycles. The van der Waals surface area contributed by atoms with Gasteiger partial charge < -0.3 is 5.73 Å². The molecular weight excluding hydrogens is 258 g/mol. The monoisotopic (exact) mass is 273 g/mol. The van der Waals surface area contributed by atoms with Crippen molar-refractivity contribution in [3.05, 3.63) is 66.2 Å². The highest BCUT2D eigenvalue weighted by Crippen LogP contribution is 2.46. The van der Waals surface area contributed by atoms with Crippen LogP contribution in [0.4, 0.5) is 0 Å². The molecule has 1 aliphatic rings. The molecule has 3 atom stereocenters. The Hall–Kier alpha value is -1.65. The van der Waals surface area contributed by atoms with E-state index >= 15 is 0 Å². The number of rotatable bonds is 3. The van der Waals surface area contributed by atoms with Crippen molar-refractivity contribution in [2.24, 2.45) is 5.73 Å². The van der Waals surface area contributed by atoms with Gasteiger partial charge in [0.05, 0.1) is 10.1 Å². The molecule has 3 nitrogen and oxygen atoms in total. The maximum absolute atomic E-state index is 12.5. The fraction of sp³-hybridized carbons (Fsp3) is 0.200. The van der Waals surface area contributed by atoms with E-state index < -0.39 is 15.1 Å². The molecule has 0 aliphatic heterocycles. The van der Waals surface area contributed by atoms with Gasteiger partial charge in [0.15, 0.2) is 9.84 Å². The minimum absolute atomic E-state index is 0.0913. The van der Waals surface area contributed by atoms with Crippen molar-refractivity contribution >= 4 is 9.84 Å². The predicted octanol–water partition coefficient (Wildman–Crippen LogP) is 1.95. The van der Waals surface area contributed by atoms with Crippen molar-refractivity contribution in [1.82, 2.24) is 0 Å². The first-order valence-electron chi connectivity index (χ1n) is 6.22. The second kappa shape index (κ2) is 4.47. The van der Waals surface area contributed by atoms with Gasteiger partial charge in [-0.15, -0.1) is 0 Å². The Morgan fingerprint density at radius 1 is 0.842 bits per heavy atom. The second-order valence-electron chi connectivity index (χ2n) is 4.84. The summed E-state index contributed by atoms with van der Waals surface area (Å²) in [5.74, 6) is -0.0913. The Bertz CT molecular complexity index is 668. The molecule has 98 valence electrons.